The van der Waals surface area contributed by atoms with Crippen LogP contribution in [0.5, 0.6) is 5.75 Å². The van der Waals surface area contributed by atoms with Crippen LogP contribution in [-0.2, 0) is 11.3 Å². The number of phenols is 1. The summed E-state index contributed by atoms with van der Waals surface area (Å²) in [5.41, 5.74) is 3.80. The van der Waals surface area contributed by atoms with Gasteiger partial charge in [0.2, 0.25) is 5.91 Å². The number of furan rings is 1. The molecule has 1 amide bonds. The molecule has 0 fully saturated rings. The van der Waals surface area contributed by atoms with E-state index in [0.29, 0.717) is 58.9 Å². The van der Waals surface area contributed by atoms with Gasteiger partial charge in [-0.2, -0.15) is 0 Å². The summed E-state index contributed by atoms with van der Waals surface area (Å²) in [6.45, 7) is 0.535. The van der Waals surface area contributed by atoms with Crippen molar-refractivity contribution in [3.63, 3.8) is 0 Å². The van der Waals surface area contributed by atoms with Crippen molar-refractivity contribution in [3.05, 3.63) is 89.9 Å². The van der Waals surface area contributed by atoms with Gasteiger partial charge in [0.15, 0.2) is 5.13 Å². The molecule has 210 valence electrons. The summed E-state index contributed by atoms with van der Waals surface area (Å²) in [6.07, 6.45) is 3.44. The van der Waals surface area contributed by atoms with E-state index in [0.717, 1.165) is 16.8 Å². The molecule has 3 N–H and O–H groups in total. The van der Waals surface area contributed by atoms with Gasteiger partial charge in [-0.05, 0) is 18.9 Å². The number of aromatic carboxylic acids is 1. The maximum atomic E-state index is 12.5. The predicted octanol–water partition coefficient (Wildman–Crippen LogP) is 6.69. The van der Waals surface area contributed by atoms with E-state index in [1.807, 2.05) is 66.0 Å². The zero-order valence-electron chi connectivity index (χ0n) is 22.2. The fourth-order valence-electron chi connectivity index (χ4n) is 4.69. The van der Waals surface area contributed by atoms with Gasteiger partial charge in [-0.3, -0.25) is 9.48 Å². The van der Waals surface area contributed by atoms with Crippen LogP contribution in [0.25, 0.3) is 44.8 Å². The molecule has 6 aromatic rings. The highest BCUT2D eigenvalue weighted by atomic mass is 32.1. The number of fused-ring (bicyclic) bond motifs is 1. The second-order valence-electron chi connectivity index (χ2n) is 9.62. The second kappa shape index (κ2) is 11.7. The van der Waals surface area contributed by atoms with E-state index in [9.17, 15) is 19.8 Å². The average molecular weight is 580 g/mol. The number of rotatable bonds is 10. The molecule has 0 aliphatic heterocycles. The van der Waals surface area contributed by atoms with Crippen LogP contribution in [0.1, 0.15) is 29.6 Å². The lowest BCUT2D eigenvalue weighted by molar-refractivity contribution is -0.116. The molecule has 11 heteroatoms. The minimum atomic E-state index is -1.25. The van der Waals surface area contributed by atoms with Crippen LogP contribution in [0.15, 0.2) is 88.8 Å². The largest absolute Gasteiger partial charge is 0.507 e. The first-order valence-electron chi connectivity index (χ1n) is 13.3. The quantitative estimate of drug-likeness (QED) is 0.152. The fourth-order valence-corrected chi connectivity index (χ4v) is 5.42. The van der Waals surface area contributed by atoms with Gasteiger partial charge in [0.25, 0.3) is 0 Å². The Bertz CT molecular complexity index is 1880. The second-order valence-corrected chi connectivity index (χ2v) is 10.5. The number of unbranched alkanes of at least 4 members (excludes halogenated alkanes) is 1. The Labute approximate surface area is 243 Å². The number of aryl methyl sites for hydroxylation is 1. The summed E-state index contributed by atoms with van der Waals surface area (Å²) in [6, 6.07) is 21.9. The third-order valence-electron chi connectivity index (χ3n) is 6.73. The average Bonchev–Trinajstić information content (AvgIpc) is 3.74. The molecule has 0 radical (unpaired) electrons. The fraction of sp³-hybridized carbons (Fsp3) is 0.129. The van der Waals surface area contributed by atoms with Crippen molar-refractivity contribution < 1.29 is 24.2 Å². The minimum absolute atomic E-state index is 0.0990. The van der Waals surface area contributed by atoms with Gasteiger partial charge in [0.1, 0.15) is 28.4 Å². The van der Waals surface area contributed by atoms with E-state index >= 15 is 0 Å². The van der Waals surface area contributed by atoms with Crippen LogP contribution < -0.4 is 5.32 Å². The van der Waals surface area contributed by atoms with E-state index in [1.165, 1.54) is 23.5 Å². The number of amides is 1. The standard InChI is InChI=1S/C31H25N5O5S/c37-25-16-26-22(15-21(25)30(39)40)28(29(41-26)20-11-5-2-6-12-20)23-17-36(35-34-23)14-8-7-13-27(38)33-31-32-24(18-42-31)19-9-3-1-4-10-19/h1-6,9-12,15-18,37H,7-8,13-14H2,(H,39,40)(H,32,33,38). The van der Waals surface area contributed by atoms with E-state index in [1.54, 1.807) is 10.9 Å². The molecule has 0 aliphatic rings. The summed E-state index contributed by atoms with van der Waals surface area (Å²) in [7, 11) is 0. The molecular formula is C31H25N5O5S. The number of carbonyl (C=O) groups excluding carboxylic acids is 1. The highest BCUT2D eigenvalue weighted by Gasteiger charge is 2.23. The number of hydrogen-bond acceptors (Lipinski definition) is 8. The summed E-state index contributed by atoms with van der Waals surface area (Å²) in [5.74, 6) is -1.23. The minimum Gasteiger partial charge on any atom is -0.507 e. The molecule has 0 aliphatic carbocycles. The van der Waals surface area contributed by atoms with Gasteiger partial charge >= 0.3 is 5.97 Å². The topological polar surface area (TPSA) is 143 Å². The van der Waals surface area contributed by atoms with Crippen molar-refractivity contribution in [1.82, 2.24) is 20.0 Å². The summed E-state index contributed by atoms with van der Waals surface area (Å²) >= 11 is 1.39. The molecule has 0 spiro atoms. The molecule has 3 aromatic carbocycles. The van der Waals surface area contributed by atoms with Crippen LogP contribution in [0.2, 0.25) is 0 Å². The van der Waals surface area contributed by atoms with Crippen molar-refractivity contribution in [3.8, 4) is 39.6 Å². The van der Waals surface area contributed by atoms with Crippen molar-refractivity contribution in [1.29, 1.82) is 0 Å². The Morgan fingerprint density at radius 2 is 1.69 bits per heavy atom. The van der Waals surface area contributed by atoms with Crippen LogP contribution in [-0.4, -0.2) is 42.1 Å². The number of thiazole rings is 1. The number of nitrogens with one attached hydrogen (secondary N) is 1. The monoisotopic (exact) mass is 579 g/mol. The lowest BCUT2D eigenvalue weighted by Crippen LogP contribution is -2.11. The first-order chi connectivity index (χ1) is 20.5. The lowest BCUT2D eigenvalue weighted by Gasteiger charge is -2.03. The molecule has 0 unspecified atom stereocenters. The van der Waals surface area contributed by atoms with Crippen molar-refractivity contribution in [2.75, 3.05) is 5.32 Å². The molecule has 3 aromatic heterocycles. The third kappa shape index (κ3) is 5.63. The van der Waals surface area contributed by atoms with Crippen molar-refractivity contribution in [2.24, 2.45) is 0 Å². The smallest absolute Gasteiger partial charge is 0.339 e. The van der Waals surface area contributed by atoms with Crippen LogP contribution in [0, 0.1) is 0 Å². The summed E-state index contributed by atoms with van der Waals surface area (Å²) in [4.78, 5) is 28.7. The molecule has 0 saturated heterocycles. The molecule has 0 bridgehead atoms. The zero-order valence-corrected chi connectivity index (χ0v) is 23.0. The van der Waals surface area contributed by atoms with E-state index in [4.69, 9.17) is 4.42 Å². The first-order valence-corrected chi connectivity index (χ1v) is 14.1. The van der Waals surface area contributed by atoms with Crippen molar-refractivity contribution in [2.45, 2.75) is 25.8 Å². The highest BCUT2D eigenvalue weighted by Crippen LogP contribution is 2.42. The number of aromatic nitrogens is 4. The highest BCUT2D eigenvalue weighted by molar-refractivity contribution is 7.14. The van der Waals surface area contributed by atoms with Gasteiger partial charge in [-0.25, -0.2) is 9.78 Å². The number of hydrogen-bond donors (Lipinski definition) is 3. The Hall–Kier alpha value is -5.29. The number of aromatic hydroxyl groups is 1. The summed E-state index contributed by atoms with van der Waals surface area (Å²) < 4.78 is 7.77. The molecule has 0 atom stereocenters. The van der Waals surface area contributed by atoms with E-state index < -0.39 is 5.97 Å². The SMILES string of the molecule is O=C(CCCCn1cc(-c2c(-c3ccccc3)oc3cc(O)c(C(=O)O)cc23)nn1)Nc1nc(-c2ccccc2)cs1. The Morgan fingerprint density at radius 1 is 0.952 bits per heavy atom. The van der Waals surface area contributed by atoms with Crippen LogP contribution in [0.4, 0.5) is 5.13 Å². The van der Waals surface area contributed by atoms with Gasteiger partial charge in [0, 0.05) is 40.9 Å². The van der Waals surface area contributed by atoms with Crippen LogP contribution in [0.3, 0.4) is 0 Å². The van der Waals surface area contributed by atoms with Crippen molar-refractivity contribution >= 4 is 39.3 Å². The molecule has 42 heavy (non-hydrogen) atoms. The summed E-state index contributed by atoms with van der Waals surface area (Å²) in [5, 5.41) is 34.2. The molecular weight excluding hydrogens is 554 g/mol. The molecule has 10 nitrogen and oxygen atoms in total. The number of benzene rings is 3. The number of nitrogens with zero attached hydrogens (tertiary/aromatic N) is 4. The van der Waals surface area contributed by atoms with Gasteiger partial charge in [-0.1, -0.05) is 65.9 Å². The van der Waals surface area contributed by atoms with Gasteiger partial charge < -0.3 is 19.9 Å². The number of anilines is 1. The van der Waals surface area contributed by atoms with E-state index in [2.05, 4.69) is 20.6 Å². The number of carboxylic acids is 1. The van der Waals surface area contributed by atoms with Gasteiger partial charge in [0.05, 0.1) is 17.5 Å². The Kier molecular flexibility index (Phi) is 7.48. The number of carbonyl (C=O) groups is 2. The van der Waals surface area contributed by atoms with E-state index in [-0.39, 0.29) is 17.2 Å². The van der Waals surface area contributed by atoms with Gasteiger partial charge in [-0.15, -0.1) is 16.4 Å². The zero-order chi connectivity index (χ0) is 29.1. The Morgan fingerprint density at radius 3 is 2.43 bits per heavy atom. The third-order valence-corrected chi connectivity index (χ3v) is 7.49. The Balaban J connectivity index is 1.13. The maximum absolute atomic E-state index is 12.5. The number of carboxylic acid groups (broad SMARTS) is 1. The molecule has 0 saturated carbocycles. The lowest BCUT2D eigenvalue weighted by atomic mass is 10.0. The normalized spacial score (nSPS) is 11.1. The van der Waals surface area contributed by atoms with Crippen LogP contribution >= 0.6 is 11.3 Å². The molecule has 6 rings (SSSR count). The predicted molar refractivity (Wildman–Crippen MR) is 159 cm³/mol. The maximum Gasteiger partial charge on any atom is 0.339 e. The first kappa shape index (κ1) is 26.9. The molecule has 3 heterocycles.